The van der Waals surface area contributed by atoms with E-state index in [1.54, 1.807) is 6.20 Å². The van der Waals surface area contributed by atoms with Gasteiger partial charge in [0.25, 0.3) is 5.91 Å². The summed E-state index contributed by atoms with van der Waals surface area (Å²) in [4.78, 5) is 14.8. The zero-order valence-electron chi connectivity index (χ0n) is 16.6. The third-order valence-corrected chi connectivity index (χ3v) is 5.55. The van der Waals surface area contributed by atoms with E-state index < -0.39 is 6.10 Å². The smallest absolute Gasteiger partial charge is 0.263 e. The number of hydrogen-bond acceptors (Lipinski definition) is 3. The number of nitrogens with zero attached hydrogens (tertiary/aromatic N) is 3. The Hall–Kier alpha value is -2.82. The predicted octanol–water partition coefficient (Wildman–Crippen LogP) is 4.41. The maximum Gasteiger partial charge on any atom is 0.263 e. The van der Waals surface area contributed by atoms with Crippen LogP contribution in [0.25, 0.3) is 22.0 Å². The SMILES string of the molecule is CC(Oc1ccc(-c2ccnn2C)c2ccccc12)C(=O)N1CCCCCC1. The highest BCUT2D eigenvalue weighted by atomic mass is 16.5. The Morgan fingerprint density at radius 2 is 1.71 bits per heavy atom. The highest BCUT2D eigenvalue weighted by molar-refractivity contribution is 5.99. The Kier molecular flexibility index (Phi) is 5.33. The van der Waals surface area contributed by atoms with Crippen molar-refractivity contribution in [3.8, 4) is 17.0 Å². The molecule has 0 radical (unpaired) electrons. The van der Waals surface area contributed by atoms with Gasteiger partial charge in [-0.1, -0.05) is 37.1 Å². The van der Waals surface area contributed by atoms with Gasteiger partial charge in [-0.25, -0.2) is 0 Å². The second-order valence-corrected chi connectivity index (χ2v) is 7.50. The monoisotopic (exact) mass is 377 g/mol. The molecule has 2 aromatic carbocycles. The lowest BCUT2D eigenvalue weighted by molar-refractivity contribution is -0.137. The zero-order valence-corrected chi connectivity index (χ0v) is 16.6. The van der Waals surface area contributed by atoms with E-state index in [0.717, 1.165) is 53.7 Å². The van der Waals surface area contributed by atoms with Crippen LogP contribution in [0.1, 0.15) is 32.6 Å². The molecule has 0 spiro atoms. The lowest BCUT2D eigenvalue weighted by Gasteiger charge is -2.25. The molecule has 3 aromatic rings. The van der Waals surface area contributed by atoms with Crippen LogP contribution in [0, 0.1) is 0 Å². The molecular weight excluding hydrogens is 350 g/mol. The molecule has 1 aliphatic rings. The molecule has 146 valence electrons. The van der Waals surface area contributed by atoms with Crippen molar-refractivity contribution < 1.29 is 9.53 Å². The number of ether oxygens (including phenoxy) is 1. The number of hydrogen-bond donors (Lipinski definition) is 0. The summed E-state index contributed by atoms with van der Waals surface area (Å²) in [7, 11) is 1.94. The first-order valence-corrected chi connectivity index (χ1v) is 10.1. The molecule has 1 atom stereocenters. The van der Waals surface area contributed by atoms with E-state index in [0.29, 0.717) is 0 Å². The standard InChI is InChI=1S/C23H27N3O2/c1-17(23(27)26-15-7-3-4-8-16-26)28-22-12-11-19(21-13-14-24-25(21)2)18-9-5-6-10-20(18)22/h5-6,9-14,17H,3-4,7-8,15-16H2,1-2H3. The lowest BCUT2D eigenvalue weighted by Crippen LogP contribution is -2.41. The Bertz CT molecular complexity index is 971. The fourth-order valence-corrected chi connectivity index (χ4v) is 4.02. The average Bonchev–Trinajstić information content (AvgIpc) is 2.97. The van der Waals surface area contributed by atoms with E-state index >= 15 is 0 Å². The number of carbonyl (C=O) groups excluding carboxylic acids is 1. The molecule has 1 unspecified atom stereocenters. The first kappa shape index (κ1) is 18.5. The molecule has 0 bridgehead atoms. The van der Waals surface area contributed by atoms with Crippen LogP contribution in [0.5, 0.6) is 5.75 Å². The van der Waals surface area contributed by atoms with E-state index in [9.17, 15) is 4.79 Å². The summed E-state index contributed by atoms with van der Waals surface area (Å²) in [6.45, 7) is 3.54. The maximum absolute atomic E-state index is 12.9. The maximum atomic E-state index is 12.9. The van der Waals surface area contributed by atoms with Crippen molar-refractivity contribution in [3.63, 3.8) is 0 Å². The average molecular weight is 377 g/mol. The Balaban J connectivity index is 1.62. The van der Waals surface area contributed by atoms with Crippen LogP contribution in [0.15, 0.2) is 48.7 Å². The second kappa shape index (κ2) is 8.05. The van der Waals surface area contributed by atoms with E-state index in [1.165, 1.54) is 12.8 Å². The summed E-state index contributed by atoms with van der Waals surface area (Å²) in [6.07, 6.45) is 5.89. The van der Waals surface area contributed by atoms with Crippen LogP contribution in [0.4, 0.5) is 0 Å². The summed E-state index contributed by atoms with van der Waals surface area (Å²) in [5.41, 5.74) is 2.16. The van der Waals surface area contributed by atoms with E-state index in [4.69, 9.17) is 4.74 Å². The minimum Gasteiger partial charge on any atom is -0.480 e. The summed E-state index contributed by atoms with van der Waals surface area (Å²) >= 11 is 0. The van der Waals surface area contributed by atoms with E-state index in [1.807, 2.05) is 53.9 Å². The number of aryl methyl sites for hydroxylation is 1. The van der Waals surface area contributed by atoms with Crippen LogP contribution in [-0.2, 0) is 11.8 Å². The molecule has 1 fully saturated rings. The summed E-state index contributed by atoms with van der Waals surface area (Å²) in [5, 5.41) is 6.39. The van der Waals surface area contributed by atoms with Crippen LogP contribution in [0.3, 0.4) is 0 Å². The van der Waals surface area contributed by atoms with Gasteiger partial charge < -0.3 is 9.64 Å². The number of amides is 1. The van der Waals surface area contributed by atoms with Crippen molar-refractivity contribution in [3.05, 3.63) is 48.7 Å². The zero-order chi connectivity index (χ0) is 19.5. The highest BCUT2D eigenvalue weighted by Crippen LogP contribution is 2.34. The number of fused-ring (bicyclic) bond motifs is 1. The number of aromatic nitrogens is 2. The molecule has 1 saturated heterocycles. The van der Waals surface area contributed by atoms with Gasteiger partial charge >= 0.3 is 0 Å². The molecule has 28 heavy (non-hydrogen) atoms. The van der Waals surface area contributed by atoms with Gasteiger partial charge in [-0.05, 0) is 43.4 Å². The quantitative estimate of drug-likeness (QED) is 0.677. The summed E-state index contributed by atoms with van der Waals surface area (Å²) in [5.74, 6) is 0.832. The third kappa shape index (κ3) is 3.61. The first-order chi connectivity index (χ1) is 13.6. The van der Waals surface area contributed by atoms with E-state index in [-0.39, 0.29) is 5.91 Å². The van der Waals surface area contributed by atoms with E-state index in [2.05, 4.69) is 17.2 Å². The van der Waals surface area contributed by atoms with Crippen molar-refractivity contribution in [2.75, 3.05) is 13.1 Å². The highest BCUT2D eigenvalue weighted by Gasteiger charge is 2.23. The summed E-state index contributed by atoms with van der Waals surface area (Å²) < 4.78 is 8.04. The van der Waals surface area contributed by atoms with Crippen LogP contribution >= 0.6 is 0 Å². The predicted molar refractivity (Wildman–Crippen MR) is 111 cm³/mol. The Morgan fingerprint density at radius 1 is 1.00 bits per heavy atom. The molecule has 0 aliphatic carbocycles. The van der Waals surface area contributed by atoms with Crippen LogP contribution in [-0.4, -0.2) is 39.8 Å². The number of benzene rings is 2. The molecule has 2 heterocycles. The van der Waals surface area contributed by atoms with Gasteiger partial charge in [0.2, 0.25) is 0 Å². The molecule has 1 aromatic heterocycles. The van der Waals surface area contributed by atoms with Crippen molar-refractivity contribution in [2.45, 2.75) is 38.7 Å². The number of rotatable bonds is 4. The van der Waals surface area contributed by atoms with Gasteiger partial charge in [0.1, 0.15) is 5.75 Å². The van der Waals surface area contributed by atoms with Gasteiger partial charge in [-0.3, -0.25) is 9.48 Å². The van der Waals surface area contributed by atoms with Gasteiger partial charge in [-0.15, -0.1) is 0 Å². The second-order valence-electron chi connectivity index (χ2n) is 7.50. The van der Waals surface area contributed by atoms with Gasteiger partial charge in [0, 0.05) is 37.3 Å². The van der Waals surface area contributed by atoms with Crippen molar-refractivity contribution >= 4 is 16.7 Å². The molecule has 4 rings (SSSR count). The fraction of sp³-hybridized carbons (Fsp3) is 0.391. The molecule has 1 aliphatic heterocycles. The van der Waals surface area contributed by atoms with Crippen LogP contribution in [0.2, 0.25) is 0 Å². The summed E-state index contributed by atoms with van der Waals surface area (Å²) in [6, 6.07) is 14.2. The minimum atomic E-state index is -0.496. The fourth-order valence-electron chi connectivity index (χ4n) is 4.02. The normalized spacial score (nSPS) is 16.0. The molecule has 0 saturated carbocycles. The number of carbonyl (C=O) groups is 1. The molecule has 0 N–H and O–H groups in total. The molecule has 5 heteroatoms. The molecule has 1 amide bonds. The lowest BCUT2D eigenvalue weighted by atomic mass is 10.0. The Labute approximate surface area is 165 Å². The van der Waals surface area contributed by atoms with Gasteiger partial charge in [0.05, 0.1) is 5.69 Å². The molecular formula is C23H27N3O2. The Morgan fingerprint density at radius 3 is 2.39 bits per heavy atom. The van der Waals surface area contributed by atoms with Crippen molar-refractivity contribution in [2.24, 2.45) is 7.05 Å². The molecule has 5 nitrogen and oxygen atoms in total. The van der Waals surface area contributed by atoms with Gasteiger partial charge in [0.15, 0.2) is 6.10 Å². The first-order valence-electron chi connectivity index (χ1n) is 10.1. The van der Waals surface area contributed by atoms with Crippen molar-refractivity contribution in [1.29, 1.82) is 0 Å². The van der Waals surface area contributed by atoms with Crippen LogP contribution < -0.4 is 4.74 Å². The minimum absolute atomic E-state index is 0.0849. The van der Waals surface area contributed by atoms with Crippen molar-refractivity contribution in [1.82, 2.24) is 14.7 Å². The number of likely N-dealkylation sites (tertiary alicyclic amines) is 1. The largest absolute Gasteiger partial charge is 0.480 e. The third-order valence-electron chi connectivity index (χ3n) is 5.55. The topological polar surface area (TPSA) is 47.4 Å². The van der Waals surface area contributed by atoms with Gasteiger partial charge in [-0.2, -0.15) is 5.10 Å².